The summed E-state index contributed by atoms with van der Waals surface area (Å²) in [6, 6.07) is 2.82. The number of allylic oxidation sites excluding steroid dienone is 5. The molecule has 1 aromatic carbocycles. The third kappa shape index (κ3) is 4.39. The Bertz CT molecular complexity index is 924. The third-order valence-corrected chi connectivity index (χ3v) is 4.18. The molecule has 0 N–H and O–H groups in total. The van der Waals surface area contributed by atoms with E-state index in [0.717, 1.165) is 25.2 Å². The minimum absolute atomic E-state index is 0.0985. The summed E-state index contributed by atoms with van der Waals surface area (Å²) in [6.07, 6.45) is -1.48. The van der Waals surface area contributed by atoms with E-state index in [0.29, 0.717) is 5.75 Å². The molecule has 0 saturated carbocycles. The standard InChI is InChI=1S/C20H18F3NO4/c1-11(20(21,22)23)5-6-13(24-2)7-12-8-16(25)14-9-17(27-3)18(28-4)10-15(14)19(12)26/h5-6,8-10H,2,7H2,1,3-4H3/b11-5+,13-6-. The normalized spacial score (nSPS) is 15.1. The molecular weight excluding hydrogens is 375 g/mol. The second-order valence-electron chi connectivity index (χ2n) is 5.96. The lowest BCUT2D eigenvalue weighted by atomic mass is 9.87. The lowest BCUT2D eigenvalue weighted by Crippen LogP contribution is -2.18. The van der Waals surface area contributed by atoms with Gasteiger partial charge in [-0.05, 0) is 37.9 Å². The first kappa shape index (κ1) is 21.1. The molecule has 0 bridgehead atoms. The SMILES string of the molecule is C=N/C(=C\C=C(/C)C(F)(F)F)CC1=CC(=O)c2cc(OC)c(OC)cc2C1=O. The van der Waals surface area contributed by atoms with E-state index in [4.69, 9.17) is 9.47 Å². The summed E-state index contributed by atoms with van der Waals surface area (Å²) >= 11 is 0. The average molecular weight is 393 g/mol. The smallest absolute Gasteiger partial charge is 0.412 e. The van der Waals surface area contributed by atoms with Gasteiger partial charge in [0.05, 0.1) is 14.2 Å². The van der Waals surface area contributed by atoms with Crippen LogP contribution in [0.5, 0.6) is 11.5 Å². The predicted octanol–water partition coefficient (Wildman–Crippen LogP) is 4.49. The van der Waals surface area contributed by atoms with Crippen molar-refractivity contribution in [2.24, 2.45) is 4.99 Å². The van der Waals surface area contributed by atoms with Crippen molar-refractivity contribution in [2.45, 2.75) is 19.5 Å². The topological polar surface area (TPSA) is 65.0 Å². The average Bonchev–Trinajstić information content (AvgIpc) is 2.66. The molecule has 8 heteroatoms. The van der Waals surface area contributed by atoms with Crippen LogP contribution in [0.1, 0.15) is 34.1 Å². The molecule has 0 aromatic heterocycles. The van der Waals surface area contributed by atoms with Gasteiger partial charge >= 0.3 is 6.18 Å². The molecule has 0 unspecified atom stereocenters. The van der Waals surface area contributed by atoms with Crippen LogP contribution < -0.4 is 9.47 Å². The van der Waals surface area contributed by atoms with Gasteiger partial charge in [-0.15, -0.1) is 0 Å². The van der Waals surface area contributed by atoms with Crippen LogP contribution in [-0.2, 0) is 0 Å². The summed E-state index contributed by atoms with van der Waals surface area (Å²) in [5.74, 6) is -0.275. The fraction of sp³-hybridized carbons (Fsp3) is 0.250. The fourth-order valence-corrected chi connectivity index (χ4v) is 2.55. The van der Waals surface area contributed by atoms with Gasteiger partial charge < -0.3 is 9.47 Å². The third-order valence-electron chi connectivity index (χ3n) is 4.18. The molecule has 0 aliphatic heterocycles. The largest absolute Gasteiger partial charge is 0.493 e. The first-order valence-corrected chi connectivity index (χ1v) is 8.09. The lowest BCUT2D eigenvalue weighted by molar-refractivity contribution is -0.0913. The number of ketones is 2. The molecule has 0 amide bonds. The Morgan fingerprint density at radius 2 is 1.68 bits per heavy atom. The van der Waals surface area contributed by atoms with E-state index >= 15 is 0 Å². The quantitative estimate of drug-likeness (QED) is 0.528. The van der Waals surface area contributed by atoms with Crippen LogP contribution >= 0.6 is 0 Å². The first-order valence-electron chi connectivity index (χ1n) is 8.09. The molecule has 1 aliphatic rings. The molecule has 0 fully saturated rings. The van der Waals surface area contributed by atoms with E-state index in [2.05, 4.69) is 11.7 Å². The van der Waals surface area contributed by atoms with Crippen molar-refractivity contribution in [3.8, 4) is 11.5 Å². The predicted molar refractivity (Wildman–Crippen MR) is 98.4 cm³/mol. The van der Waals surface area contributed by atoms with Crippen LogP contribution in [-0.4, -0.2) is 38.7 Å². The van der Waals surface area contributed by atoms with Crippen LogP contribution in [0.25, 0.3) is 0 Å². The van der Waals surface area contributed by atoms with Crippen LogP contribution in [0, 0.1) is 0 Å². The molecule has 2 rings (SSSR count). The van der Waals surface area contributed by atoms with Crippen LogP contribution in [0.15, 0.2) is 52.2 Å². The number of halogens is 3. The summed E-state index contributed by atoms with van der Waals surface area (Å²) < 4.78 is 48.1. The van der Waals surface area contributed by atoms with E-state index in [1.807, 2.05) is 0 Å². The van der Waals surface area contributed by atoms with Gasteiger partial charge in [0, 0.05) is 34.4 Å². The summed E-state index contributed by atoms with van der Waals surface area (Å²) in [5.41, 5.74) is -0.306. The van der Waals surface area contributed by atoms with Gasteiger partial charge in [-0.2, -0.15) is 13.2 Å². The molecule has 0 radical (unpaired) electrons. The van der Waals surface area contributed by atoms with E-state index in [1.165, 1.54) is 26.4 Å². The Labute approximate surface area is 159 Å². The summed E-state index contributed by atoms with van der Waals surface area (Å²) in [4.78, 5) is 28.9. The second kappa shape index (κ2) is 8.24. The number of hydrogen-bond donors (Lipinski definition) is 0. The number of benzene rings is 1. The van der Waals surface area contributed by atoms with Gasteiger partial charge in [0.25, 0.3) is 0 Å². The summed E-state index contributed by atoms with van der Waals surface area (Å²) in [5, 5.41) is 0. The number of carbonyl (C=O) groups is 2. The summed E-state index contributed by atoms with van der Waals surface area (Å²) in [7, 11) is 2.80. The van der Waals surface area contributed by atoms with E-state index < -0.39 is 23.3 Å². The maximum Gasteiger partial charge on any atom is 0.412 e. The van der Waals surface area contributed by atoms with Crippen molar-refractivity contribution in [1.82, 2.24) is 0 Å². The minimum atomic E-state index is -4.47. The molecule has 0 heterocycles. The number of fused-ring (bicyclic) bond motifs is 1. The maximum absolute atomic E-state index is 12.8. The number of ether oxygens (including phenoxy) is 2. The molecule has 0 atom stereocenters. The molecule has 148 valence electrons. The van der Waals surface area contributed by atoms with Crippen molar-refractivity contribution in [3.05, 3.63) is 58.3 Å². The van der Waals surface area contributed by atoms with E-state index in [9.17, 15) is 22.8 Å². The number of rotatable bonds is 6. The molecule has 0 spiro atoms. The zero-order chi connectivity index (χ0) is 21.1. The molecule has 1 aliphatic carbocycles. The number of alkyl halides is 3. The Balaban J connectivity index is 2.38. The first-order chi connectivity index (χ1) is 13.1. The van der Waals surface area contributed by atoms with E-state index in [1.54, 1.807) is 0 Å². The second-order valence-corrected chi connectivity index (χ2v) is 5.96. The molecule has 5 nitrogen and oxygen atoms in total. The minimum Gasteiger partial charge on any atom is -0.493 e. The van der Waals surface area contributed by atoms with Crippen molar-refractivity contribution in [2.75, 3.05) is 14.2 Å². The highest BCUT2D eigenvalue weighted by Gasteiger charge is 2.30. The Hall–Kier alpha value is -3.16. The van der Waals surface area contributed by atoms with Crippen LogP contribution in [0.4, 0.5) is 13.2 Å². The van der Waals surface area contributed by atoms with Gasteiger partial charge in [-0.25, -0.2) is 0 Å². The van der Waals surface area contributed by atoms with Crippen LogP contribution in [0.3, 0.4) is 0 Å². The number of hydrogen-bond acceptors (Lipinski definition) is 5. The summed E-state index contributed by atoms with van der Waals surface area (Å²) in [6.45, 7) is 4.23. The van der Waals surface area contributed by atoms with Crippen molar-refractivity contribution in [3.63, 3.8) is 0 Å². The maximum atomic E-state index is 12.8. The highest BCUT2D eigenvalue weighted by atomic mass is 19.4. The van der Waals surface area contributed by atoms with Crippen molar-refractivity contribution in [1.29, 1.82) is 0 Å². The fourth-order valence-electron chi connectivity index (χ4n) is 2.55. The number of Topliss-reactive ketones (excluding diaryl/α,β-unsaturated/α-hetero) is 1. The van der Waals surface area contributed by atoms with Gasteiger partial charge in [-0.3, -0.25) is 14.6 Å². The zero-order valence-electron chi connectivity index (χ0n) is 15.5. The molecular formula is C20H18F3NO4. The number of carbonyl (C=O) groups excluding carboxylic acids is 2. The van der Waals surface area contributed by atoms with Gasteiger partial charge in [-0.1, -0.05) is 6.08 Å². The van der Waals surface area contributed by atoms with Gasteiger partial charge in [0.1, 0.15) is 0 Å². The van der Waals surface area contributed by atoms with Crippen molar-refractivity contribution >= 4 is 18.3 Å². The highest BCUT2D eigenvalue weighted by molar-refractivity contribution is 6.25. The lowest BCUT2D eigenvalue weighted by Gasteiger charge is -2.18. The Kier molecular flexibility index (Phi) is 6.23. The number of methoxy groups -OCH3 is 2. The number of aliphatic imine (C=N–C) groups is 1. The Morgan fingerprint density at radius 1 is 1.11 bits per heavy atom. The van der Waals surface area contributed by atoms with Crippen LogP contribution in [0.2, 0.25) is 0 Å². The van der Waals surface area contributed by atoms with Gasteiger partial charge in [0.2, 0.25) is 0 Å². The Morgan fingerprint density at radius 3 is 2.18 bits per heavy atom. The molecule has 28 heavy (non-hydrogen) atoms. The number of nitrogens with zero attached hydrogens (tertiary/aromatic N) is 1. The van der Waals surface area contributed by atoms with Crippen molar-refractivity contribution < 1.29 is 32.2 Å². The van der Waals surface area contributed by atoms with E-state index in [-0.39, 0.29) is 34.6 Å². The zero-order valence-corrected chi connectivity index (χ0v) is 15.5. The van der Waals surface area contributed by atoms with Gasteiger partial charge in [0.15, 0.2) is 23.1 Å². The highest BCUT2D eigenvalue weighted by Crippen LogP contribution is 2.35. The monoisotopic (exact) mass is 393 g/mol. The molecule has 1 aromatic rings. The molecule has 0 saturated heterocycles.